The Labute approximate surface area is 235 Å². The maximum absolute atomic E-state index is 12.1. The normalized spacial score (nSPS) is 24.6. The van der Waals surface area contributed by atoms with Gasteiger partial charge in [-0.2, -0.15) is 9.97 Å². The van der Waals surface area contributed by atoms with E-state index in [0.717, 1.165) is 31.4 Å². The molecule has 0 aliphatic carbocycles. The van der Waals surface area contributed by atoms with Crippen LogP contribution in [0.15, 0.2) is 36.7 Å². The van der Waals surface area contributed by atoms with Gasteiger partial charge in [-0.1, -0.05) is 30.3 Å². The summed E-state index contributed by atoms with van der Waals surface area (Å²) in [5, 5.41) is 0.00585. The molecule has 40 heavy (non-hydrogen) atoms. The molecule has 0 amide bonds. The summed E-state index contributed by atoms with van der Waals surface area (Å²) in [6.07, 6.45) is 0.0891. The zero-order valence-corrected chi connectivity index (χ0v) is 23.1. The Morgan fingerprint density at radius 3 is 2.48 bits per heavy atom. The smallest absolute Gasteiger partial charge is 0.308 e. The molecule has 2 fully saturated rings. The molecule has 12 nitrogen and oxygen atoms in total. The topological polar surface area (TPSA) is 135 Å². The third kappa shape index (κ3) is 5.59. The number of carbonyl (C=O) groups is 3. The van der Waals surface area contributed by atoms with E-state index >= 15 is 0 Å². The number of methoxy groups -OCH3 is 1. The molecule has 2 aliphatic heterocycles. The number of nitrogens with zero attached hydrogens (tertiary/aromatic N) is 5. The number of aromatic nitrogens is 4. The van der Waals surface area contributed by atoms with Crippen LogP contribution in [0, 0.1) is 0 Å². The van der Waals surface area contributed by atoms with E-state index in [1.807, 2.05) is 18.2 Å². The Bertz CT molecular complexity index is 1400. The molecule has 0 spiro atoms. The molecular formula is C27H30ClN5O7. The molecule has 5 rings (SSSR count). The van der Waals surface area contributed by atoms with Crippen molar-refractivity contribution in [2.75, 3.05) is 18.6 Å². The Morgan fingerprint density at radius 1 is 1.05 bits per heavy atom. The highest BCUT2D eigenvalue weighted by molar-refractivity contribution is 6.28. The van der Waals surface area contributed by atoms with Crippen LogP contribution in [0.25, 0.3) is 11.2 Å². The van der Waals surface area contributed by atoms with Gasteiger partial charge in [-0.05, 0) is 36.4 Å². The van der Waals surface area contributed by atoms with Crippen molar-refractivity contribution in [1.82, 2.24) is 19.5 Å². The zero-order chi connectivity index (χ0) is 28.4. The van der Waals surface area contributed by atoms with Gasteiger partial charge in [0.05, 0.1) is 25.9 Å². The molecule has 2 aliphatic rings. The van der Waals surface area contributed by atoms with Crippen molar-refractivity contribution >= 4 is 46.5 Å². The van der Waals surface area contributed by atoms with Crippen molar-refractivity contribution in [1.29, 1.82) is 0 Å². The summed E-state index contributed by atoms with van der Waals surface area (Å²) in [5.74, 6) is -1.25. The van der Waals surface area contributed by atoms with Crippen LogP contribution in [0.3, 0.4) is 0 Å². The second-order valence-electron chi connectivity index (χ2n) is 9.75. The van der Waals surface area contributed by atoms with Crippen molar-refractivity contribution in [2.45, 2.75) is 70.1 Å². The highest BCUT2D eigenvalue weighted by Gasteiger charge is 2.51. The van der Waals surface area contributed by atoms with Crippen LogP contribution in [0.5, 0.6) is 0 Å². The van der Waals surface area contributed by atoms with E-state index in [-0.39, 0.29) is 17.7 Å². The van der Waals surface area contributed by atoms with Crippen molar-refractivity contribution in [3.63, 3.8) is 0 Å². The van der Waals surface area contributed by atoms with Gasteiger partial charge in [-0.25, -0.2) is 4.98 Å². The predicted octanol–water partition coefficient (Wildman–Crippen LogP) is 3.54. The quantitative estimate of drug-likeness (QED) is 0.234. The summed E-state index contributed by atoms with van der Waals surface area (Å²) in [6, 6.07) is 10.3. The van der Waals surface area contributed by atoms with Gasteiger partial charge in [0.25, 0.3) is 0 Å². The van der Waals surface area contributed by atoms with Crippen molar-refractivity contribution in [3.8, 4) is 0 Å². The number of rotatable bonds is 7. The molecule has 1 unspecified atom stereocenters. The van der Waals surface area contributed by atoms with Crippen LogP contribution in [0.2, 0.25) is 5.28 Å². The van der Waals surface area contributed by atoms with Gasteiger partial charge in [0.2, 0.25) is 5.28 Å². The van der Waals surface area contributed by atoms with E-state index in [2.05, 4.69) is 32.0 Å². The van der Waals surface area contributed by atoms with Gasteiger partial charge in [0.15, 0.2) is 35.4 Å². The first-order valence-electron chi connectivity index (χ1n) is 13.0. The molecule has 0 radical (unpaired) electrons. The Balaban J connectivity index is 1.57. The van der Waals surface area contributed by atoms with E-state index in [9.17, 15) is 14.4 Å². The molecule has 5 atom stereocenters. The van der Waals surface area contributed by atoms with Crippen molar-refractivity contribution in [2.24, 2.45) is 0 Å². The first-order chi connectivity index (χ1) is 19.3. The number of imidazole rings is 1. The molecule has 0 bridgehead atoms. The molecule has 212 valence electrons. The van der Waals surface area contributed by atoms with Crippen molar-refractivity contribution in [3.05, 3.63) is 47.5 Å². The number of anilines is 1. The van der Waals surface area contributed by atoms with Gasteiger partial charge < -0.3 is 23.8 Å². The van der Waals surface area contributed by atoms with Gasteiger partial charge >= 0.3 is 17.9 Å². The number of hydrogen-bond acceptors (Lipinski definition) is 11. The summed E-state index contributed by atoms with van der Waals surface area (Å²) < 4.78 is 23.6. The van der Waals surface area contributed by atoms with E-state index in [4.69, 9.17) is 30.5 Å². The minimum absolute atomic E-state index is 0.00585. The molecule has 1 aromatic carbocycles. The number of ether oxygens (including phenoxy) is 4. The number of hydrogen-bond donors (Lipinski definition) is 0. The lowest BCUT2D eigenvalue weighted by atomic mass is 9.95. The molecule has 2 saturated heterocycles. The van der Waals surface area contributed by atoms with E-state index in [1.165, 1.54) is 27.3 Å². The van der Waals surface area contributed by atoms with Gasteiger partial charge in [0, 0.05) is 20.4 Å². The maximum atomic E-state index is 12.1. The Kier molecular flexibility index (Phi) is 8.17. The lowest BCUT2D eigenvalue weighted by molar-refractivity contribution is -0.165. The fourth-order valence-electron chi connectivity index (χ4n) is 5.46. The third-order valence-corrected chi connectivity index (χ3v) is 7.26. The van der Waals surface area contributed by atoms with Crippen molar-refractivity contribution < 1.29 is 33.3 Å². The number of benzene rings is 1. The largest absolute Gasteiger partial charge is 0.469 e. The number of carbonyl (C=O) groups excluding carboxylic acids is 3. The van der Waals surface area contributed by atoms with Crippen LogP contribution in [0.1, 0.15) is 57.4 Å². The number of esters is 3. The lowest BCUT2D eigenvalue weighted by Crippen LogP contribution is -2.39. The summed E-state index contributed by atoms with van der Waals surface area (Å²) in [6.45, 7) is 3.21. The van der Waals surface area contributed by atoms with Gasteiger partial charge in [0.1, 0.15) is 6.10 Å². The molecule has 13 heteroatoms. The highest BCUT2D eigenvalue weighted by Crippen LogP contribution is 2.40. The average molecular weight is 572 g/mol. The van der Waals surface area contributed by atoms with Crippen LogP contribution in [-0.2, 0) is 33.3 Å². The van der Waals surface area contributed by atoms with Gasteiger partial charge in [-0.15, -0.1) is 0 Å². The Hall–Kier alpha value is -3.77. The number of halogens is 1. The summed E-state index contributed by atoms with van der Waals surface area (Å²) >= 11 is 6.46. The summed E-state index contributed by atoms with van der Waals surface area (Å²) in [4.78, 5) is 52.0. The second kappa shape index (κ2) is 11.8. The van der Waals surface area contributed by atoms with Crippen LogP contribution >= 0.6 is 11.6 Å². The molecule has 4 heterocycles. The maximum Gasteiger partial charge on any atom is 0.308 e. The SMILES string of the molecule is COC(=O)C[C@H]1O[C@@H](n2cnc3c(N4CCCCC4c4ccccc4)nc(Cl)nc32)[C@H](OC(C)=O)[C@@H]1OC(C)=O. The van der Waals surface area contributed by atoms with Gasteiger partial charge in [-0.3, -0.25) is 19.0 Å². The first kappa shape index (κ1) is 27.8. The van der Waals surface area contributed by atoms with E-state index in [0.29, 0.717) is 17.0 Å². The number of piperidine rings is 1. The molecule has 0 N–H and O–H groups in total. The van der Waals surface area contributed by atoms with Crippen LogP contribution in [0.4, 0.5) is 5.82 Å². The molecule has 3 aromatic rings. The van der Waals surface area contributed by atoms with E-state index < -0.39 is 42.4 Å². The fraction of sp³-hybridized carbons (Fsp3) is 0.481. The monoisotopic (exact) mass is 571 g/mol. The summed E-state index contributed by atoms with van der Waals surface area (Å²) in [5.41, 5.74) is 1.99. The minimum atomic E-state index is -1.10. The average Bonchev–Trinajstić information content (AvgIpc) is 3.49. The molecule has 2 aromatic heterocycles. The minimum Gasteiger partial charge on any atom is -0.469 e. The molecule has 0 saturated carbocycles. The van der Waals surface area contributed by atoms with Crippen LogP contribution in [-0.4, -0.2) is 69.4 Å². The van der Waals surface area contributed by atoms with Crippen LogP contribution < -0.4 is 4.90 Å². The zero-order valence-electron chi connectivity index (χ0n) is 22.4. The Morgan fingerprint density at radius 2 is 1.77 bits per heavy atom. The highest BCUT2D eigenvalue weighted by atomic mass is 35.5. The lowest BCUT2D eigenvalue weighted by Gasteiger charge is -2.37. The fourth-order valence-corrected chi connectivity index (χ4v) is 5.62. The van der Waals surface area contributed by atoms with E-state index in [1.54, 1.807) is 4.57 Å². The number of fused-ring (bicyclic) bond motifs is 1. The standard InChI is InChI=1S/C27H30ClN5O7/c1-15(34)38-22-19(13-20(36)37-3)40-26(23(22)39-16(2)35)33-14-29-21-24(30-27(28)31-25(21)33)32-12-8-7-11-18(32)17-9-5-4-6-10-17/h4-6,9-10,14,18-19,22-23,26H,7-8,11-13H2,1-3H3/t18?,19-,22-,23-,26-/m1/s1. The third-order valence-electron chi connectivity index (χ3n) is 7.09. The summed E-state index contributed by atoms with van der Waals surface area (Å²) in [7, 11) is 1.24. The predicted molar refractivity (Wildman–Crippen MR) is 142 cm³/mol. The molecular weight excluding hydrogens is 542 g/mol. The first-order valence-corrected chi connectivity index (χ1v) is 13.4. The second-order valence-corrected chi connectivity index (χ2v) is 10.1.